The van der Waals surface area contributed by atoms with Gasteiger partial charge in [0, 0.05) is 5.92 Å². The molecule has 1 nitrogen and oxygen atoms in total. The minimum absolute atomic E-state index is 0.250. The van der Waals surface area contributed by atoms with Gasteiger partial charge in [-0.1, -0.05) is 53.9 Å². The fourth-order valence-electron chi connectivity index (χ4n) is 1.42. The summed E-state index contributed by atoms with van der Waals surface area (Å²) in [6.45, 7) is 11.2. The molecule has 0 fully saturated rings. The van der Waals surface area contributed by atoms with Gasteiger partial charge in [0.2, 0.25) is 0 Å². The van der Waals surface area contributed by atoms with Crippen LogP contribution in [-0.4, -0.2) is 6.29 Å². The maximum atomic E-state index is 10.4. The highest BCUT2D eigenvalue weighted by Gasteiger charge is 2.18. The van der Waals surface area contributed by atoms with E-state index >= 15 is 0 Å². The molecule has 0 aromatic carbocycles. The summed E-state index contributed by atoms with van der Waals surface area (Å²) < 4.78 is 0. The standard InChI is InChI=1S/C13H26O/c1-11(10-14)8-6-7-9-12(2)13(3,4)5/h10-12H,6-9H2,1-5H3. The van der Waals surface area contributed by atoms with E-state index in [4.69, 9.17) is 0 Å². The molecule has 0 amide bonds. The zero-order valence-electron chi connectivity index (χ0n) is 10.5. The summed E-state index contributed by atoms with van der Waals surface area (Å²) in [4.78, 5) is 10.4. The predicted molar refractivity (Wildman–Crippen MR) is 62.3 cm³/mol. The van der Waals surface area contributed by atoms with Crippen molar-refractivity contribution < 1.29 is 4.79 Å². The van der Waals surface area contributed by atoms with Crippen molar-refractivity contribution in [1.82, 2.24) is 0 Å². The van der Waals surface area contributed by atoms with Crippen molar-refractivity contribution in [3.05, 3.63) is 0 Å². The molecule has 0 saturated carbocycles. The van der Waals surface area contributed by atoms with E-state index < -0.39 is 0 Å². The molecule has 0 N–H and O–H groups in total. The molecular formula is C13H26O. The molecule has 0 bridgehead atoms. The SMILES string of the molecule is CC(C=O)CCCCC(C)C(C)(C)C. The van der Waals surface area contributed by atoms with Crippen LogP contribution >= 0.6 is 0 Å². The van der Waals surface area contributed by atoms with E-state index in [0.29, 0.717) is 5.41 Å². The van der Waals surface area contributed by atoms with Crippen molar-refractivity contribution in [2.75, 3.05) is 0 Å². The van der Waals surface area contributed by atoms with Gasteiger partial charge in [0.05, 0.1) is 0 Å². The third kappa shape index (κ3) is 6.17. The van der Waals surface area contributed by atoms with Gasteiger partial charge >= 0.3 is 0 Å². The maximum absolute atomic E-state index is 10.4. The van der Waals surface area contributed by atoms with Crippen LogP contribution in [0.15, 0.2) is 0 Å². The van der Waals surface area contributed by atoms with E-state index in [1.165, 1.54) is 19.3 Å². The Balaban J connectivity index is 3.50. The van der Waals surface area contributed by atoms with Gasteiger partial charge < -0.3 is 4.79 Å². The van der Waals surface area contributed by atoms with Crippen LogP contribution < -0.4 is 0 Å². The summed E-state index contributed by atoms with van der Waals surface area (Å²) >= 11 is 0. The van der Waals surface area contributed by atoms with Gasteiger partial charge in [-0.2, -0.15) is 0 Å². The summed E-state index contributed by atoms with van der Waals surface area (Å²) in [5.41, 5.74) is 0.427. The van der Waals surface area contributed by atoms with Crippen LogP contribution in [0.5, 0.6) is 0 Å². The molecule has 84 valence electrons. The van der Waals surface area contributed by atoms with Crippen molar-refractivity contribution >= 4 is 6.29 Å². The zero-order valence-corrected chi connectivity index (χ0v) is 10.5. The topological polar surface area (TPSA) is 17.1 Å². The van der Waals surface area contributed by atoms with Gasteiger partial charge in [0.25, 0.3) is 0 Å². The molecule has 0 spiro atoms. The Morgan fingerprint density at radius 2 is 1.57 bits per heavy atom. The maximum Gasteiger partial charge on any atom is 0.122 e. The van der Waals surface area contributed by atoms with Gasteiger partial charge in [0.15, 0.2) is 0 Å². The first-order valence-electron chi connectivity index (χ1n) is 5.83. The Bertz CT molecular complexity index is 155. The highest BCUT2D eigenvalue weighted by atomic mass is 16.1. The van der Waals surface area contributed by atoms with E-state index in [9.17, 15) is 4.79 Å². The first-order chi connectivity index (χ1) is 6.38. The minimum atomic E-state index is 0.250. The molecule has 14 heavy (non-hydrogen) atoms. The molecule has 0 heterocycles. The monoisotopic (exact) mass is 198 g/mol. The van der Waals surface area contributed by atoms with Crippen molar-refractivity contribution in [3.63, 3.8) is 0 Å². The van der Waals surface area contributed by atoms with Crippen LogP contribution in [0.2, 0.25) is 0 Å². The second-order valence-corrected chi connectivity index (χ2v) is 5.66. The number of hydrogen-bond acceptors (Lipinski definition) is 1. The summed E-state index contributed by atoms with van der Waals surface area (Å²) in [6, 6.07) is 0. The molecule has 0 aliphatic heterocycles. The van der Waals surface area contributed by atoms with E-state index in [2.05, 4.69) is 27.7 Å². The smallest absolute Gasteiger partial charge is 0.122 e. The molecule has 2 unspecified atom stereocenters. The Kier molecular flexibility index (Phi) is 6.06. The molecule has 0 aromatic heterocycles. The third-order valence-corrected chi connectivity index (χ3v) is 3.26. The average Bonchev–Trinajstić information content (AvgIpc) is 2.09. The molecule has 1 heteroatoms. The van der Waals surface area contributed by atoms with Crippen LogP contribution in [0.3, 0.4) is 0 Å². The normalized spacial score (nSPS) is 16.4. The van der Waals surface area contributed by atoms with Crippen LogP contribution in [0.4, 0.5) is 0 Å². The van der Waals surface area contributed by atoms with E-state index in [0.717, 1.165) is 18.6 Å². The van der Waals surface area contributed by atoms with Gasteiger partial charge in [0.1, 0.15) is 6.29 Å². The van der Waals surface area contributed by atoms with Crippen LogP contribution in [0, 0.1) is 17.3 Å². The van der Waals surface area contributed by atoms with Crippen molar-refractivity contribution in [1.29, 1.82) is 0 Å². The Labute approximate surface area is 89.3 Å². The van der Waals surface area contributed by atoms with Crippen LogP contribution in [0.25, 0.3) is 0 Å². The molecular weight excluding hydrogens is 172 g/mol. The van der Waals surface area contributed by atoms with E-state index in [1.54, 1.807) is 0 Å². The minimum Gasteiger partial charge on any atom is -0.303 e. The van der Waals surface area contributed by atoms with Gasteiger partial charge in [-0.15, -0.1) is 0 Å². The first kappa shape index (κ1) is 13.7. The van der Waals surface area contributed by atoms with E-state index in [-0.39, 0.29) is 5.92 Å². The van der Waals surface area contributed by atoms with Crippen molar-refractivity contribution in [2.24, 2.45) is 17.3 Å². The molecule has 0 radical (unpaired) electrons. The molecule has 0 aromatic rings. The first-order valence-corrected chi connectivity index (χ1v) is 5.83. The van der Waals surface area contributed by atoms with Crippen LogP contribution in [0.1, 0.15) is 60.3 Å². The van der Waals surface area contributed by atoms with Crippen molar-refractivity contribution in [3.8, 4) is 0 Å². The van der Waals surface area contributed by atoms with Gasteiger partial charge in [-0.05, 0) is 17.8 Å². The quantitative estimate of drug-likeness (QED) is 0.464. The molecule has 0 aliphatic rings. The van der Waals surface area contributed by atoms with Gasteiger partial charge in [-0.25, -0.2) is 0 Å². The fraction of sp³-hybridized carbons (Fsp3) is 0.923. The third-order valence-electron chi connectivity index (χ3n) is 3.26. The highest BCUT2D eigenvalue weighted by molar-refractivity contribution is 5.52. The lowest BCUT2D eigenvalue weighted by Crippen LogP contribution is -2.17. The highest BCUT2D eigenvalue weighted by Crippen LogP contribution is 2.29. The Morgan fingerprint density at radius 1 is 1.07 bits per heavy atom. The number of rotatable bonds is 6. The Hall–Kier alpha value is -0.330. The Morgan fingerprint density at radius 3 is 2.00 bits per heavy atom. The summed E-state index contributed by atoms with van der Waals surface area (Å²) in [5.74, 6) is 1.02. The number of carbonyl (C=O) groups excluding carboxylic acids is 1. The number of carbonyl (C=O) groups is 1. The molecule has 0 aliphatic carbocycles. The number of aldehydes is 1. The van der Waals surface area contributed by atoms with E-state index in [1.807, 2.05) is 6.92 Å². The zero-order chi connectivity index (χ0) is 11.2. The summed E-state index contributed by atoms with van der Waals surface area (Å²) in [5, 5.41) is 0. The fourth-order valence-corrected chi connectivity index (χ4v) is 1.42. The lowest BCUT2D eigenvalue weighted by Gasteiger charge is -2.27. The number of unbranched alkanes of at least 4 members (excludes halogenated alkanes) is 1. The predicted octanol–water partition coefficient (Wildman–Crippen LogP) is 4.06. The largest absolute Gasteiger partial charge is 0.303 e. The molecule has 0 rings (SSSR count). The van der Waals surface area contributed by atoms with Crippen LogP contribution in [-0.2, 0) is 4.79 Å². The van der Waals surface area contributed by atoms with Gasteiger partial charge in [-0.3, -0.25) is 0 Å². The lowest BCUT2D eigenvalue weighted by atomic mass is 9.79. The summed E-state index contributed by atoms with van der Waals surface area (Å²) in [7, 11) is 0. The molecule has 2 atom stereocenters. The summed E-state index contributed by atoms with van der Waals surface area (Å²) in [6.07, 6.45) is 5.86. The lowest BCUT2D eigenvalue weighted by molar-refractivity contribution is -0.110. The number of hydrogen-bond donors (Lipinski definition) is 0. The average molecular weight is 198 g/mol. The second-order valence-electron chi connectivity index (χ2n) is 5.66. The second kappa shape index (κ2) is 6.21. The van der Waals surface area contributed by atoms with Crippen molar-refractivity contribution in [2.45, 2.75) is 60.3 Å². The molecule has 0 saturated heterocycles.